The Balaban J connectivity index is 1.88. The van der Waals surface area contributed by atoms with E-state index in [1.165, 1.54) is 12.8 Å². The number of hydrogen-bond donors (Lipinski definition) is 2. The fraction of sp³-hybridized carbons (Fsp3) is 0.625. The van der Waals surface area contributed by atoms with Crippen molar-refractivity contribution in [1.82, 2.24) is 10.3 Å². The van der Waals surface area contributed by atoms with Gasteiger partial charge in [-0.05, 0) is 63.7 Å². The molecule has 1 fully saturated rings. The van der Waals surface area contributed by atoms with E-state index in [0.29, 0.717) is 18.3 Å². The second-order valence-electron chi connectivity index (χ2n) is 5.92. The summed E-state index contributed by atoms with van der Waals surface area (Å²) in [6, 6.07) is 3.86. The summed E-state index contributed by atoms with van der Waals surface area (Å²) in [5.41, 5.74) is 2.68. The fourth-order valence-electron chi connectivity index (χ4n) is 2.84. The Morgan fingerprint density at radius 2 is 2.30 bits per heavy atom. The zero-order valence-electron chi connectivity index (χ0n) is 12.7. The molecular formula is C16H25N3O. The summed E-state index contributed by atoms with van der Waals surface area (Å²) in [4.78, 5) is 16.5. The first-order valence-electron chi connectivity index (χ1n) is 7.51. The molecule has 1 aliphatic rings. The van der Waals surface area contributed by atoms with Crippen LogP contribution in [0.15, 0.2) is 12.1 Å². The molecule has 1 aromatic rings. The maximum Gasteiger partial charge on any atom is 0.224 e. The minimum atomic E-state index is 0.0943. The van der Waals surface area contributed by atoms with E-state index >= 15 is 0 Å². The molecule has 0 aliphatic carbocycles. The van der Waals surface area contributed by atoms with Crippen LogP contribution >= 0.6 is 0 Å². The third-order valence-corrected chi connectivity index (χ3v) is 4.15. The number of pyridine rings is 1. The number of amides is 1. The van der Waals surface area contributed by atoms with Crippen LogP contribution in [0.3, 0.4) is 0 Å². The van der Waals surface area contributed by atoms with Crippen molar-refractivity contribution in [1.29, 1.82) is 0 Å². The highest BCUT2D eigenvalue weighted by Crippen LogP contribution is 2.23. The van der Waals surface area contributed by atoms with Crippen molar-refractivity contribution >= 4 is 11.6 Å². The lowest BCUT2D eigenvalue weighted by molar-refractivity contribution is -0.117. The molecule has 0 bridgehead atoms. The van der Waals surface area contributed by atoms with E-state index in [2.05, 4.69) is 22.5 Å². The highest BCUT2D eigenvalue weighted by atomic mass is 16.1. The summed E-state index contributed by atoms with van der Waals surface area (Å²) < 4.78 is 0. The Morgan fingerprint density at radius 1 is 1.50 bits per heavy atom. The first-order chi connectivity index (χ1) is 9.56. The number of nitrogens with one attached hydrogen (secondary N) is 2. The van der Waals surface area contributed by atoms with Crippen molar-refractivity contribution < 1.29 is 4.79 Å². The molecule has 2 N–H and O–H groups in total. The molecule has 4 nitrogen and oxygen atoms in total. The predicted octanol–water partition coefficient (Wildman–Crippen LogP) is 2.66. The van der Waals surface area contributed by atoms with Gasteiger partial charge in [0.25, 0.3) is 0 Å². The van der Waals surface area contributed by atoms with E-state index < -0.39 is 0 Å². The topological polar surface area (TPSA) is 54.0 Å². The third-order valence-electron chi connectivity index (χ3n) is 4.15. The summed E-state index contributed by atoms with van der Waals surface area (Å²) in [6.45, 7) is 8.22. The van der Waals surface area contributed by atoms with Gasteiger partial charge in [-0.25, -0.2) is 0 Å². The zero-order chi connectivity index (χ0) is 14.5. The highest BCUT2D eigenvalue weighted by molar-refractivity contribution is 5.91. The lowest BCUT2D eigenvalue weighted by Gasteiger charge is -2.28. The summed E-state index contributed by atoms with van der Waals surface area (Å²) in [5.74, 6) is 1.13. The van der Waals surface area contributed by atoms with Crippen LogP contribution < -0.4 is 10.6 Å². The molecule has 2 rings (SSSR count). The minimum Gasteiger partial charge on any atom is -0.324 e. The number of hydrogen-bond acceptors (Lipinski definition) is 3. The Kier molecular flexibility index (Phi) is 5.12. The Bertz CT molecular complexity index is 467. The molecule has 20 heavy (non-hydrogen) atoms. The molecule has 2 heterocycles. The number of carbonyl (C=O) groups is 1. The average molecular weight is 275 g/mol. The number of anilines is 1. The van der Waals surface area contributed by atoms with E-state index in [1.807, 2.05) is 26.0 Å². The standard InChI is InChI=1S/C16H25N3O/c1-11(14-5-4-8-17-10-14)9-16(20)19-15-7-6-12(2)18-13(15)3/h6-7,11,14,17H,4-5,8-10H2,1-3H3,(H,19,20). The van der Waals surface area contributed by atoms with Crippen LogP contribution in [0.4, 0.5) is 5.69 Å². The summed E-state index contributed by atoms with van der Waals surface area (Å²) in [7, 11) is 0. The van der Waals surface area contributed by atoms with Gasteiger partial charge < -0.3 is 10.6 Å². The minimum absolute atomic E-state index is 0.0943. The lowest BCUT2D eigenvalue weighted by atomic mass is 9.85. The van der Waals surface area contributed by atoms with Crippen LogP contribution in [-0.4, -0.2) is 24.0 Å². The molecule has 1 aromatic heterocycles. The molecule has 0 saturated carbocycles. The molecule has 1 saturated heterocycles. The zero-order valence-corrected chi connectivity index (χ0v) is 12.7. The number of carbonyl (C=O) groups excluding carboxylic acids is 1. The van der Waals surface area contributed by atoms with Crippen LogP contribution in [-0.2, 0) is 4.79 Å². The monoisotopic (exact) mass is 275 g/mol. The summed E-state index contributed by atoms with van der Waals surface area (Å²) in [5, 5.41) is 6.40. The van der Waals surface area contributed by atoms with E-state index in [4.69, 9.17) is 0 Å². The van der Waals surface area contributed by atoms with Gasteiger partial charge in [-0.3, -0.25) is 9.78 Å². The number of piperidine rings is 1. The van der Waals surface area contributed by atoms with Crippen molar-refractivity contribution in [3.63, 3.8) is 0 Å². The normalized spacial score (nSPS) is 20.4. The van der Waals surface area contributed by atoms with Gasteiger partial charge in [-0.15, -0.1) is 0 Å². The smallest absolute Gasteiger partial charge is 0.224 e. The van der Waals surface area contributed by atoms with Crippen LogP contribution in [0.2, 0.25) is 0 Å². The lowest BCUT2D eigenvalue weighted by Crippen LogP contribution is -2.34. The predicted molar refractivity (Wildman–Crippen MR) is 81.7 cm³/mol. The number of aryl methyl sites for hydroxylation is 2. The van der Waals surface area contributed by atoms with E-state index in [-0.39, 0.29) is 5.91 Å². The molecule has 4 heteroatoms. The third kappa shape index (κ3) is 4.04. The Labute approximate surface area is 121 Å². The van der Waals surface area contributed by atoms with Gasteiger partial charge >= 0.3 is 0 Å². The van der Waals surface area contributed by atoms with Crippen molar-refractivity contribution in [2.24, 2.45) is 11.8 Å². The maximum absolute atomic E-state index is 12.1. The van der Waals surface area contributed by atoms with E-state index in [9.17, 15) is 4.79 Å². The van der Waals surface area contributed by atoms with Crippen LogP contribution in [0.25, 0.3) is 0 Å². The number of nitrogens with zero attached hydrogens (tertiary/aromatic N) is 1. The van der Waals surface area contributed by atoms with Gasteiger partial charge in [-0.2, -0.15) is 0 Å². The maximum atomic E-state index is 12.1. The summed E-state index contributed by atoms with van der Waals surface area (Å²) >= 11 is 0. The largest absolute Gasteiger partial charge is 0.324 e. The first kappa shape index (κ1) is 15.0. The van der Waals surface area contributed by atoms with E-state index in [0.717, 1.165) is 30.2 Å². The van der Waals surface area contributed by atoms with Crippen molar-refractivity contribution in [3.05, 3.63) is 23.5 Å². The van der Waals surface area contributed by atoms with Gasteiger partial charge in [-0.1, -0.05) is 6.92 Å². The van der Waals surface area contributed by atoms with Crippen molar-refractivity contribution in [2.75, 3.05) is 18.4 Å². The Morgan fingerprint density at radius 3 is 2.95 bits per heavy atom. The van der Waals surface area contributed by atoms with Gasteiger partial charge in [0.15, 0.2) is 0 Å². The quantitative estimate of drug-likeness (QED) is 0.888. The van der Waals surface area contributed by atoms with Crippen molar-refractivity contribution in [2.45, 2.75) is 40.0 Å². The highest BCUT2D eigenvalue weighted by Gasteiger charge is 2.22. The van der Waals surface area contributed by atoms with Crippen LogP contribution in [0.1, 0.15) is 37.6 Å². The molecule has 2 atom stereocenters. The van der Waals surface area contributed by atoms with Crippen molar-refractivity contribution in [3.8, 4) is 0 Å². The summed E-state index contributed by atoms with van der Waals surface area (Å²) in [6.07, 6.45) is 3.03. The van der Waals surface area contributed by atoms with Gasteiger partial charge in [0.05, 0.1) is 11.4 Å². The molecule has 0 spiro atoms. The second kappa shape index (κ2) is 6.84. The van der Waals surface area contributed by atoms with E-state index in [1.54, 1.807) is 0 Å². The second-order valence-corrected chi connectivity index (χ2v) is 5.92. The van der Waals surface area contributed by atoms with Gasteiger partial charge in [0.1, 0.15) is 0 Å². The number of rotatable bonds is 4. The molecule has 0 aromatic carbocycles. The SMILES string of the molecule is Cc1ccc(NC(=O)CC(C)C2CCCNC2)c(C)n1. The fourth-order valence-corrected chi connectivity index (χ4v) is 2.84. The van der Waals surface area contributed by atoms with Crippen LogP contribution in [0.5, 0.6) is 0 Å². The number of aromatic nitrogens is 1. The van der Waals surface area contributed by atoms with Gasteiger partial charge in [0.2, 0.25) is 5.91 Å². The average Bonchev–Trinajstić information content (AvgIpc) is 2.43. The first-order valence-corrected chi connectivity index (χ1v) is 7.51. The molecular weight excluding hydrogens is 250 g/mol. The Hall–Kier alpha value is -1.42. The molecule has 1 aliphatic heterocycles. The van der Waals surface area contributed by atoms with Gasteiger partial charge in [0, 0.05) is 12.1 Å². The van der Waals surface area contributed by atoms with Crippen LogP contribution in [0, 0.1) is 25.7 Å². The molecule has 1 amide bonds. The molecule has 110 valence electrons. The molecule has 2 unspecified atom stereocenters. The molecule has 0 radical (unpaired) electrons.